The molecule has 0 spiro atoms. The molecule has 0 N–H and O–H groups in total. The maximum absolute atomic E-state index is 6.40. The third kappa shape index (κ3) is 4.11. The Balaban J connectivity index is 1.28. The average molecular weight is 451 g/mol. The Hall–Kier alpha value is -3.23. The van der Waals surface area contributed by atoms with Gasteiger partial charge in [-0.15, -0.1) is 0 Å². The number of aliphatic imine (C=N–C) groups is 1. The molecule has 0 bridgehead atoms. The van der Waals surface area contributed by atoms with Crippen LogP contribution in [0.25, 0.3) is 21.9 Å². The second kappa shape index (κ2) is 8.72. The van der Waals surface area contributed by atoms with Crippen molar-refractivity contribution in [3.63, 3.8) is 0 Å². The van der Waals surface area contributed by atoms with Crippen molar-refractivity contribution < 1.29 is 9.47 Å². The van der Waals surface area contributed by atoms with Gasteiger partial charge in [0.2, 0.25) is 0 Å². The molecule has 1 aliphatic heterocycles. The molecular formula is C23H23ClN6O2. The lowest BCUT2D eigenvalue weighted by molar-refractivity contribution is -0.0155. The number of fused-ring (bicyclic) bond motifs is 2. The van der Waals surface area contributed by atoms with Crippen molar-refractivity contribution >= 4 is 45.7 Å². The Morgan fingerprint density at radius 1 is 1.25 bits per heavy atom. The van der Waals surface area contributed by atoms with E-state index < -0.39 is 0 Å². The maximum Gasteiger partial charge on any atom is 0.166 e. The van der Waals surface area contributed by atoms with Crippen molar-refractivity contribution in [2.75, 3.05) is 20.7 Å². The molecule has 5 rings (SSSR count). The van der Waals surface area contributed by atoms with E-state index in [0.29, 0.717) is 23.2 Å². The molecule has 1 aromatic carbocycles. The summed E-state index contributed by atoms with van der Waals surface area (Å²) in [7, 11) is 3.84. The summed E-state index contributed by atoms with van der Waals surface area (Å²) >= 11 is 6.40. The Morgan fingerprint density at radius 3 is 3.03 bits per heavy atom. The summed E-state index contributed by atoms with van der Waals surface area (Å²) in [4.78, 5) is 19.4. The van der Waals surface area contributed by atoms with Crippen LogP contribution in [0.5, 0.6) is 5.75 Å². The smallest absolute Gasteiger partial charge is 0.166 e. The molecule has 2 atom stereocenters. The summed E-state index contributed by atoms with van der Waals surface area (Å²) in [5.41, 5.74) is 1.66. The van der Waals surface area contributed by atoms with Crippen LogP contribution in [-0.2, 0) is 4.74 Å². The molecule has 0 amide bonds. The van der Waals surface area contributed by atoms with Gasteiger partial charge in [-0.05, 0) is 31.0 Å². The normalized spacial score (nSPS) is 18.7. The van der Waals surface area contributed by atoms with Crippen LogP contribution in [0.1, 0.15) is 19.1 Å². The number of ether oxygens (including phenoxy) is 2. The van der Waals surface area contributed by atoms with E-state index in [1.54, 1.807) is 12.5 Å². The second-order valence-electron chi connectivity index (χ2n) is 7.95. The van der Waals surface area contributed by atoms with Gasteiger partial charge >= 0.3 is 0 Å². The Labute approximate surface area is 190 Å². The molecule has 3 aromatic heterocycles. The molecule has 0 saturated carbocycles. The summed E-state index contributed by atoms with van der Waals surface area (Å²) in [6.45, 7) is 0.418. The zero-order valence-electron chi connectivity index (χ0n) is 17.8. The van der Waals surface area contributed by atoms with Crippen molar-refractivity contribution in [3.05, 3.63) is 54.1 Å². The molecule has 1 aliphatic rings. The highest BCUT2D eigenvalue weighted by molar-refractivity contribution is 6.32. The zero-order valence-corrected chi connectivity index (χ0v) is 18.6. The highest BCUT2D eigenvalue weighted by Crippen LogP contribution is 2.34. The van der Waals surface area contributed by atoms with Crippen molar-refractivity contribution in [2.45, 2.75) is 25.2 Å². The topological polar surface area (TPSA) is 77.7 Å². The monoisotopic (exact) mass is 450 g/mol. The Morgan fingerprint density at radius 2 is 2.16 bits per heavy atom. The van der Waals surface area contributed by atoms with Gasteiger partial charge < -0.3 is 18.9 Å². The number of hydrogen-bond acceptors (Lipinski definition) is 6. The fraction of sp³-hybridized carbons (Fsp3) is 0.304. The highest BCUT2D eigenvalue weighted by atomic mass is 35.5. The van der Waals surface area contributed by atoms with Crippen molar-refractivity contribution in [1.82, 2.24) is 24.4 Å². The van der Waals surface area contributed by atoms with E-state index in [1.807, 2.05) is 60.1 Å². The summed E-state index contributed by atoms with van der Waals surface area (Å²) < 4.78 is 14.3. The number of nitrogens with zero attached hydrogens (tertiary/aromatic N) is 6. The third-order valence-electron chi connectivity index (χ3n) is 5.38. The van der Waals surface area contributed by atoms with Gasteiger partial charge in [0, 0.05) is 37.9 Å². The quantitative estimate of drug-likeness (QED) is 0.315. The van der Waals surface area contributed by atoms with Gasteiger partial charge in [-0.25, -0.2) is 15.0 Å². The van der Waals surface area contributed by atoms with E-state index in [2.05, 4.69) is 19.9 Å². The minimum atomic E-state index is -0.115. The molecule has 1 saturated heterocycles. The molecule has 4 aromatic rings. The van der Waals surface area contributed by atoms with Gasteiger partial charge in [0.15, 0.2) is 5.82 Å². The number of benzene rings is 1. The van der Waals surface area contributed by atoms with E-state index in [0.717, 1.165) is 34.8 Å². The van der Waals surface area contributed by atoms with Gasteiger partial charge in [0.1, 0.15) is 30.6 Å². The number of aromatic nitrogens is 4. The lowest BCUT2D eigenvalue weighted by Crippen LogP contribution is -2.18. The molecule has 0 aliphatic carbocycles. The van der Waals surface area contributed by atoms with E-state index >= 15 is 0 Å². The van der Waals surface area contributed by atoms with Gasteiger partial charge in [-0.2, -0.15) is 0 Å². The first-order chi connectivity index (χ1) is 15.6. The number of hydrogen-bond donors (Lipinski definition) is 0. The van der Waals surface area contributed by atoms with Gasteiger partial charge in [-0.1, -0.05) is 17.7 Å². The van der Waals surface area contributed by atoms with Gasteiger partial charge in [0.25, 0.3) is 0 Å². The molecule has 4 heterocycles. The molecule has 9 heteroatoms. The van der Waals surface area contributed by atoms with Crippen LogP contribution in [-0.4, -0.2) is 57.6 Å². The summed E-state index contributed by atoms with van der Waals surface area (Å²) in [5, 5.41) is 2.45. The van der Waals surface area contributed by atoms with Crippen LogP contribution in [0.3, 0.4) is 0 Å². The lowest BCUT2D eigenvalue weighted by Gasteiger charge is -2.17. The highest BCUT2D eigenvalue weighted by Gasteiger charge is 2.28. The SMILES string of the molecule is CN(C)C=Nc1ncnc2c1ccn2C1CCC(COc2cc3ncccc3cc2Cl)O1. The first-order valence-electron chi connectivity index (χ1n) is 10.4. The molecule has 0 radical (unpaired) electrons. The van der Waals surface area contributed by atoms with Crippen LogP contribution >= 0.6 is 11.6 Å². The third-order valence-corrected chi connectivity index (χ3v) is 5.67. The predicted molar refractivity (Wildman–Crippen MR) is 125 cm³/mol. The standard InChI is InChI=1S/C23H23ClN6O2/c1-29(2)14-28-22-17-7-9-30(23(17)27-13-26-22)21-6-5-16(32-21)12-31-20-11-19-15(10-18(20)24)4-3-8-25-19/h3-4,7-11,13-14,16,21H,5-6,12H2,1-2H3. The predicted octanol–water partition coefficient (Wildman–Crippen LogP) is 4.61. The van der Waals surface area contributed by atoms with E-state index in [-0.39, 0.29) is 12.3 Å². The maximum atomic E-state index is 6.40. The number of pyridine rings is 1. The van der Waals surface area contributed by atoms with E-state index in [4.69, 9.17) is 21.1 Å². The fourth-order valence-electron chi connectivity index (χ4n) is 3.84. The molecule has 1 fully saturated rings. The van der Waals surface area contributed by atoms with Crippen LogP contribution in [0.15, 0.2) is 54.0 Å². The van der Waals surface area contributed by atoms with Crippen LogP contribution in [0, 0.1) is 0 Å². The van der Waals surface area contributed by atoms with Crippen molar-refractivity contribution in [1.29, 1.82) is 0 Å². The van der Waals surface area contributed by atoms with Crippen molar-refractivity contribution in [3.8, 4) is 5.75 Å². The summed E-state index contributed by atoms with van der Waals surface area (Å²) in [5.74, 6) is 1.26. The van der Waals surface area contributed by atoms with Gasteiger partial charge in [-0.3, -0.25) is 4.98 Å². The molecule has 32 heavy (non-hydrogen) atoms. The average Bonchev–Trinajstić information content (AvgIpc) is 3.43. The van der Waals surface area contributed by atoms with E-state index in [9.17, 15) is 0 Å². The molecule has 2 unspecified atom stereocenters. The van der Waals surface area contributed by atoms with Crippen molar-refractivity contribution in [2.24, 2.45) is 4.99 Å². The fourth-order valence-corrected chi connectivity index (χ4v) is 4.07. The first-order valence-corrected chi connectivity index (χ1v) is 10.8. The first kappa shape index (κ1) is 20.7. The summed E-state index contributed by atoms with van der Waals surface area (Å²) in [6.07, 6.45) is 8.59. The molecular weight excluding hydrogens is 428 g/mol. The minimum absolute atomic E-state index is 0.0407. The Kier molecular flexibility index (Phi) is 5.63. The van der Waals surface area contributed by atoms with Crippen LogP contribution in [0.2, 0.25) is 5.02 Å². The number of rotatable bonds is 6. The number of halogens is 1. The molecule has 8 nitrogen and oxygen atoms in total. The largest absolute Gasteiger partial charge is 0.489 e. The van der Waals surface area contributed by atoms with Crippen LogP contribution < -0.4 is 4.74 Å². The van der Waals surface area contributed by atoms with E-state index in [1.165, 1.54) is 6.33 Å². The minimum Gasteiger partial charge on any atom is -0.489 e. The van der Waals surface area contributed by atoms with Crippen LogP contribution in [0.4, 0.5) is 5.82 Å². The summed E-state index contributed by atoms with van der Waals surface area (Å²) in [6, 6.07) is 9.59. The molecule has 164 valence electrons. The zero-order chi connectivity index (χ0) is 22.1. The second-order valence-corrected chi connectivity index (χ2v) is 8.35. The lowest BCUT2D eigenvalue weighted by atomic mass is 10.2. The Bertz CT molecular complexity index is 1290. The van der Waals surface area contributed by atoms with Gasteiger partial charge in [0.05, 0.1) is 28.4 Å².